The van der Waals surface area contributed by atoms with Crippen LogP contribution in [0.3, 0.4) is 0 Å². The Hall–Kier alpha value is -1.03. The number of unbranched alkanes of at least 4 members (excludes halogenated alkanes) is 2. The van der Waals surface area contributed by atoms with Crippen molar-refractivity contribution in [2.24, 2.45) is 0 Å². The van der Waals surface area contributed by atoms with Gasteiger partial charge in [0.1, 0.15) is 0 Å². The number of nitro groups is 1. The molecule has 0 saturated heterocycles. The van der Waals surface area contributed by atoms with E-state index in [1.54, 1.807) is 11.8 Å². The van der Waals surface area contributed by atoms with Crippen LogP contribution in [-0.4, -0.2) is 16.7 Å². The normalized spacial score (nSPS) is 12.3. The molecule has 17 heavy (non-hydrogen) atoms. The third-order valence-electron chi connectivity index (χ3n) is 2.62. The van der Waals surface area contributed by atoms with Gasteiger partial charge in [0.25, 0.3) is 0 Å². The van der Waals surface area contributed by atoms with E-state index in [2.05, 4.69) is 6.92 Å². The highest BCUT2D eigenvalue weighted by Crippen LogP contribution is 2.20. The molecule has 0 aliphatic rings. The largest absolute Gasteiger partial charge is 0.264 e. The van der Waals surface area contributed by atoms with Crippen LogP contribution in [0.25, 0.3) is 0 Å². The van der Waals surface area contributed by atoms with Crippen LogP contribution in [0.2, 0.25) is 0 Å². The van der Waals surface area contributed by atoms with Crippen molar-refractivity contribution in [1.29, 1.82) is 0 Å². The Morgan fingerprint density at radius 3 is 2.59 bits per heavy atom. The smallest absolute Gasteiger partial charge is 0.222 e. The zero-order valence-electron chi connectivity index (χ0n) is 10.2. The second-order valence-corrected chi connectivity index (χ2v) is 5.15. The van der Waals surface area contributed by atoms with Gasteiger partial charge < -0.3 is 0 Å². The minimum atomic E-state index is -0.410. The SMILES string of the molecule is CCCCCC(CSc1ccccc1)[N+](=O)[O-]. The van der Waals surface area contributed by atoms with Gasteiger partial charge in [0.2, 0.25) is 6.04 Å². The topological polar surface area (TPSA) is 43.1 Å². The molecule has 0 N–H and O–H groups in total. The molecule has 0 heterocycles. The summed E-state index contributed by atoms with van der Waals surface area (Å²) in [5.41, 5.74) is 0. The Labute approximate surface area is 107 Å². The molecular formula is C13H19NO2S. The number of thioether (sulfide) groups is 1. The molecule has 1 rings (SSSR count). The van der Waals surface area contributed by atoms with Gasteiger partial charge in [-0.25, -0.2) is 0 Å². The maximum Gasteiger partial charge on any atom is 0.222 e. The van der Waals surface area contributed by atoms with Gasteiger partial charge in [-0.3, -0.25) is 10.1 Å². The highest BCUT2D eigenvalue weighted by Gasteiger charge is 2.19. The van der Waals surface area contributed by atoms with E-state index in [0.29, 0.717) is 12.2 Å². The fraction of sp³-hybridized carbons (Fsp3) is 0.538. The van der Waals surface area contributed by atoms with Crippen LogP contribution in [0.1, 0.15) is 32.6 Å². The minimum absolute atomic E-state index is 0.133. The summed E-state index contributed by atoms with van der Waals surface area (Å²) in [4.78, 5) is 11.9. The Morgan fingerprint density at radius 1 is 1.29 bits per heavy atom. The fourth-order valence-electron chi connectivity index (χ4n) is 1.59. The molecule has 0 radical (unpaired) electrons. The quantitative estimate of drug-likeness (QED) is 0.304. The molecule has 4 heteroatoms. The number of hydrogen-bond donors (Lipinski definition) is 0. The first kappa shape index (κ1) is 14.0. The minimum Gasteiger partial charge on any atom is -0.264 e. The third-order valence-corrected chi connectivity index (χ3v) is 3.78. The van der Waals surface area contributed by atoms with Crippen LogP contribution in [0.4, 0.5) is 0 Å². The van der Waals surface area contributed by atoms with Crippen molar-refractivity contribution in [3.8, 4) is 0 Å². The van der Waals surface area contributed by atoms with Gasteiger partial charge in [0.05, 0.1) is 5.75 Å². The highest BCUT2D eigenvalue weighted by molar-refractivity contribution is 7.99. The summed E-state index contributed by atoms with van der Waals surface area (Å²) in [5, 5.41) is 10.9. The van der Waals surface area contributed by atoms with Crippen molar-refractivity contribution in [2.75, 3.05) is 5.75 Å². The maximum atomic E-state index is 10.9. The average molecular weight is 253 g/mol. The molecule has 0 spiro atoms. The predicted octanol–water partition coefficient (Wildman–Crippen LogP) is 4.00. The molecule has 1 aromatic carbocycles. The van der Waals surface area contributed by atoms with Gasteiger partial charge in [0, 0.05) is 16.2 Å². The van der Waals surface area contributed by atoms with Crippen LogP contribution >= 0.6 is 11.8 Å². The second kappa shape index (κ2) is 8.12. The number of hydrogen-bond acceptors (Lipinski definition) is 3. The molecule has 0 aromatic heterocycles. The van der Waals surface area contributed by atoms with Crippen molar-refractivity contribution < 1.29 is 4.92 Å². The Morgan fingerprint density at radius 2 is 2.00 bits per heavy atom. The molecule has 1 unspecified atom stereocenters. The van der Waals surface area contributed by atoms with Gasteiger partial charge in [0.15, 0.2) is 0 Å². The lowest BCUT2D eigenvalue weighted by Crippen LogP contribution is -2.22. The van der Waals surface area contributed by atoms with E-state index in [4.69, 9.17) is 0 Å². The van der Waals surface area contributed by atoms with Crippen molar-refractivity contribution in [2.45, 2.75) is 43.5 Å². The van der Waals surface area contributed by atoms with Crippen molar-refractivity contribution in [3.63, 3.8) is 0 Å². The highest BCUT2D eigenvalue weighted by atomic mass is 32.2. The zero-order chi connectivity index (χ0) is 12.5. The molecule has 1 atom stereocenters. The maximum absolute atomic E-state index is 10.9. The van der Waals surface area contributed by atoms with Crippen LogP contribution < -0.4 is 0 Å². The Bertz CT molecular complexity index is 329. The lowest BCUT2D eigenvalue weighted by Gasteiger charge is -2.08. The van der Waals surface area contributed by atoms with Gasteiger partial charge in [-0.05, 0) is 18.6 Å². The number of rotatable bonds is 8. The molecule has 0 fully saturated rings. The molecule has 0 bridgehead atoms. The van der Waals surface area contributed by atoms with E-state index in [0.717, 1.165) is 24.2 Å². The van der Waals surface area contributed by atoms with Gasteiger partial charge >= 0.3 is 0 Å². The molecular weight excluding hydrogens is 234 g/mol. The standard InChI is InChI=1S/C13H19NO2S/c1-2-3-5-8-12(14(15)16)11-17-13-9-6-4-7-10-13/h4,6-7,9-10,12H,2-3,5,8,11H2,1H3. The number of benzene rings is 1. The van der Waals surface area contributed by atoms with Crippen molar-refractivity contribution >= 4 is 11.8 Å². The Balaban J connectivity index is 2.36. The average Bonchev–Trinajstić information content (AvgIpc) is 2.34. The zero-order valence-corrected chi connectivity index (χ0v) is 11.0. The number of nitrogens with zero attached hydrogens (tertiary/aromatic N) is 1. The summed E-state index contributed by atoms with van der Waals surface area (Å²) in [6.07, 6.45) is 3.84. The van der Waals surface area contributed by atoms with Gasteiger partial charge in [-0.2, -0.15) is 0 Å². The summed E-state index contributed by atoms with van der Waals surface area (Å²) in [5.74, 6) is 0.570. The van der Waals surface area contributed by atoms with E-state index >= 15 is 0 Å². The van der Waals surface area contributed by atoms with E-state index in [1.165, 1.54) is 0 Å². The van der Waals surface area contributed by atoms with Gasteiger partial charge in [-0.15, -0.1) is 11.8 Å². The molecule has 0 aliphatic heterocycles. The predicted molar refractivity (Wildman–Crippen MR) is 72.1 cm³/mol. The fourth-order valence-corrected chi connectivity index (χ4v) is 2.61. The lowest BCUT2D eigenvalue weighted by molar-refractivity contribution is -0.517. The summed E-state index contributed by atoms with van der Waals surface area (Å²) >= 11 is 1.57. The monoisotopic (exact) mass is 253 g/mol. The van der Waals surface area contributed by atoms with E-state index in [1.807, 2.05) is 30.3 Å². The summed E-state index contributed by atoms with van der Waals surface area (Å²) in [7, 11) is 0. The van der Waals surface area contributed by atoms with Crippen LogP contribution in [-0.2, 0) is 0 Å². The molecule has 0 amide bonds. The van der Waals surface area contributed by atoms with Crippen molar-refractivity contribution in [3.05, 3.63) is 40.4 Å². The van der Waals surface area contributed by atoms with E-state index in [-0.39, 0.29) is 4.92 Å². The third kappa shape index (κ3) is 5.73. The first-order chi connectivity index (χ1) is 8.24. The molecule has 0 aliphatic carbocycles. The van der Waals surface area contributed by atoms with E-state index in [9.17, 15) is 10.1 Å². The summed E-state index contributed by atoms with van der Waals surface area (Å²) in [6.45, 7) is 2.11. The summed E-state index contributed by atoms with van der Waals surface area (Å²) < 4.78 is 0. The molecule has 3 nitrogen and oxygen atoms in total. The summed E-state index contributed by atoms with van der Waals surface area (Å²) in [6, 6.07) is 9.45. The lowest BCUT2D eigenvalue weighted by atomic mass is 10.1. The molecule has 0 saturated carbocycles. The molecule has 1 aromatic rings. The first-order valence-corrected chi connectivity index (χ1v) is 7.04. The van der Waals surface area contributed by atoms with Crippen LogP contribution in [0, 0.1) is 10.1 Å². The van der Waals surface area contributed by atoms with Crippen LogP contribution in [0.5, 0.6) is 0 Å². The first-order valence-electron chi connectivity index (χ1n) is 6.05. The van der Waals surface area contributed by atoms with Gasteiger partial charge in [-0.1, -0.05) is 38.0 Å². The second-order valence-electron chi connectivity index (χ2n) is 4.06. The van der Waals surface area contributed by atoms with Crippen LogP contribution in [0.15, 0.2) is 35.2 Å². The van der Waals surface area contributed by atoms with E-state index < -0.39 is 6.04 Å². The Kier molecular flexibility index (Phi) is 6.70. The molecule has 94 valence electrons. The van der Waals surface area contributed by atoms with Crippen molar-refractivity contribution in [1.82, 2.24) is 0 Å².